The number of benzene rings is 1. The standard InChI is InChI=1S/C23H30FN6O8P/c1-14(2)36-21(32)16(4)28-39(34,38-17-8-6-5-7-9-17)35-13-23(12-26-29-25)15(3)19(24)20(37-23)30-11-10-18(31)27-22(30)33/h5-11,14-16,19-20H,12-13H2,1-4H3,(H,28,34)(H,27,31,33)/t15-,16-,19+,20+,23+,39?/m0/s1. The highest BCUT2D eigenvalue weighted by atomic mass is 31.2. The van der Waals surface area contributed by atoms with Gasteiger partial charge in [-0.3, -0.25) is 23.7 Å². The van der Waals surface area contributed by atoms with Gasteiger partial charge in [-0.25, -0.2) is 13.8 Å². The SMILES string of the molecule is CC(C)OC(=O)[C@H](C)NP(=O)(OC[C@@]1(CN=[N+]=[N-])O[C@@H](n2ccc(=O)[nH]c2=O)[C@H](F)[C@@H]1C)Oc1ccccc1. The lowest BCUT2D eigenvalue weighted by atomic mass is 9.88. The van der Waals surface area contributed by atoms with Gasteiger partial charge in [0.25, 0.3) is 5.56 Å². The Balaban J connectivity index is 1.93. The maximum Gasteiger partial charge on any atom is 0.459 e. The van der Waals surface area contributed by atoms with Gasteiger partial charge in [-0.1, -0.05) is 30.2 Å². The Labute approximate surface area is 222 Å². The quantitative estimate of drug-likeness (QED) is 0.127. The molecule has 0 radical (unpaired) electrons. The molecule has 0 bridgehead atoms. The van der Waals surface area contributed by atoms with Gasteiger partial charge in [-0.15, -0.1) is 0 Å². The summed E-state index contributed by atoms with van der Waals surface area (Å²) in [6.07, 6.45) is -2.72. The average Bonchev–Trinajstić information content (AvgIpc) is 3.12. The second-order valence-corrected chi connectivity index (χ2v) is 10.9. The summed E-state index contributed by atoms with van der Waals surface area (Å²) in [4.78, 5) is 40.9. The second-order valence-electron chi connectivity index (χ2n) is 9.22. The molecule has 14 nitrogen and oxygen atoms in total. The van der Waals surface area contributed by atoms with Crippen LogP contribution in [0.2, 0.25) is 0 Å². The minimum Gasteiger partial charge on any atom is -0.462 e. The van der Waals surface area contributed by atoms with E-state index in [2.05, 4.69) is 15.1 Å². The van der Waals surface area contributed by atoms with E-state index in [1.54, 1.807) is 32.0 Å². The van der Waals surface area contributed by atoms with Crippen LogP contribution in [0.4, 0.5) is 4.39 Å². The normalized spacial score (nSPS) is 24.9. The van der Waals surface area contributed by atoms with Crippen molar-refractivity contribution in [1.29, 1.82) is 0 Å². The van der Waals surface area contributed by atoms with E-state index in [-0.39, 0.29) is 5.75 Å². The number of para-hydroxylation sites is 1. The van der Waals surface area contributed by atoms with Crippen molar-refractivity contribution in [3.63, 3.8) is 0 Å². The summed E-state index contributed by atoms with van der Waals surface area (Å²) >= 11 is 0. The van der Waals surface area contributed by atoms with Gasteiger partial charge in [0.2, 0.25) is 0 Å². The van der Waals surface area contributed by atoms with Gasteiger partial charge in [0, 0.05) is 23.1 Å². The number of ether oxygens (including phenoxy) is 2. The second kappa shape index (κ2) is 12.6. The van der Waals surface area contributed by atoms with Gasteiger partial charge in [0.15, 0.2) is 12.4 Å². The summed E-state index contributed by atoms with van der Waals surface area (Å²) in [5.74, 6) is -1.63. The lowest BCUT2D eigenvalue weighted by Gasteiger charge is -2.33. The Kier molecular flexibility index (Phi) is 9.70. The van der Waals surface area contributed by atoms with Crippen LogP contribution in [0.3, 0.4) is 0 Å². The molecule has 0 amide bonds. The molecule has 1 aromatic heterocycles. The topological polar surface area (TPSA) is 187 Å². The molecule has 39 heavy (non-hydrogen) atoms. The van der Waals surface area contributed by atoms with Gasteiger partial charge in [-0.2, -0.15) is 5.09 Å². The van der Waals surface area contributed by atoms with Crippen molar-refractivity contribution in [3.8, 4) is 5.75 Å². The molecule has 1 aliphatic heterocycles. The van der Waals surface area contributed by atoms with Crippen molar-refractivity contribution in [2.45, 2.75) is 57.8 Å². The van der Waals surface area contributed by atoms with Crippen LogP contribution in [0.1, 0.15) is 33.9 Å². The minimum atomic E-state index is -4.38. The molecule has 0 aliphatic carbocycles. The monoisotopic (exact) mass is 568 g/mol. The summed E-state index contributed by atoms with van der Waals surface area (Å²) < 4.78 is 52.6. The largest absolute Gasteiger partial charge is 0.462 e. The molecule has 2 N–H and O–H groups in total. The fourth-order valence-electron chi connectivity index (χ4n) is 3.86. The van der Waals surface area contributed by atoms with Crippen LogP contribution in [0.15, 0.2) is 57.3 Å². The first-order valence-electron chi connectivity index (χ1n) is 12.0. The molecule has 1 unspecified atom stereocenters. The molecule has 212 valence electrons. The highest BCUT2D eigenvalue weighted by Crippen LogP contribution is 2.49. The minimum absolute atomic E-state index is 0.142. The summed E-state index contributed by atoms with van der Waals surface area (Å²) in [6.45, 7) is 5.04. The fourth-order valence-corrected chi connectivity index (χ4v) is 5.41. The number of carbonyl (C=O) groups is 1. The highest BCUT2D eigenvalue weighted by molar-refractivity contribution is 7.52. The number of H-pyrrole nitrogens is 1. The number of esters is 1. The molecule has 0 spiro atoms. The van der Waals surface area contributed by atoms with Gasteiger partial charge in [0.05, 0.1) is 19.3 Å². The first-order chi connectivity index (χ1) is 18.4. The van der Waals surface area contributed by atoms with Crippen molar-refractivity contribution in [2.75, 3.05) is 13.2 Å². The lowest BCUT2D eigenvalue weighted by molar-refractivity contribution is -0.149. The van der Waals surface area contributed by atoms with E-state index in [0.29, 0.717) is 0 Å². The number of nitrogens with zero attached hydrogens (tertiary/aromatic N) is 4. The van der Waals surface area contributed by atoms with Crippen molar-refractivity contribution in [3.05, 3.63) is 73.9 Å². The smallest absolute Gasteiger partial charge is 0.459 e. The zero-order valence-corrected chi connectivity index (χ0v) is 22.6. The number of aromatic nitrogens is 2. The summed E-state index contributed by atoms with van der Waals surface area (Å²) in [5.41, 5.74) is 5.64. The van der Waals surface area contributed by atoms with E-state index >= 15 is 4.39 Å². The molecule has 16 heteroatoms. The predicted octanol–water partition coefficient (Wildman–Crippen LogP) is 3.22. The number of carbonyl (C=O) groups excluding carboxylic acids is 1. The maximum atomic E-state index is 15.5. The maximum absolute atomic E-state index is 15.5. The summed E-state index contributed by atoms with van der Waals surface area (Å²) in [5, 5.41) is 6.04. The van der Waals surface area contributed by atoms with Crippen molar-refractivity contribution >= 4 is 13.7 Å². The Hall–Kier alpha value is -3.48. The Morgan fingerprint density at radius 2 is 2.00 bits per heavy atom. The predicted molar refractivity (Wildman–Crippen MR) is 137 cm³/mol. The van der Waals surface area contributed by atoms with Crippen molar-refractivity contribution in [1.82, 2.24) is 14.6 Å². The third-order valence-electron chi connectivity index (χ3n) is 5.97. The zero-order valence-electron chi connectivity index (χ0n) is 21.7. The fraction of sp³-hybridized carbons (Fsp3) is 0.522. The van der Waals surface area contributed by atoms with Gasteiger partial charge >= 0.3 is 19.4 Å². The van der Waals surface area contributed by atoms with Crippen LogP contribution < -0.4 is 20.9 Å². The Bertz CT molecular complexity index is 1360. The number of azide groups is 1. The number of nitrogens with one attached hydrogen (secondary N) is 2. The highest BCUT2D eigenvalue weighted by Gasteiger charge is 2.55. The molecule has 1 aromatic carbocycles. The van der Waals surface area contributed by atoms with Crippen LogP contribution in [0.5, 0.6) is 5.75 Å². The van der Waals surface area contributed by atoms with Crippen LogP contribution in [0, 0.1) is 5.92 Å². The van der Waals surface area contributed by atoms with Crippen molar-refractivity contribution < 1.29 is 32.3 Å². The molecule has 1 fully saturated rings. The van der Waals surface area contributed by atoms with Gasteiger partial charge in [0.1, 0.15) is 17.4 Å². The van der Waals surface area contributed by atoms with Crippen LogP contribution in [0.25, 0.3) is 10.4 Å². The van der Waals surface area contributed by atoms with Crippen LogP contribution in [-0.4, -0.2) is 52.6 Å². The van der Waals surface area contributed by atoms with Gasteiger partial charge in [-0.05, 0) is 38.4 Å². The van der Waals surface area contributed by atoms with Crippen LogP contribution >= 0.6 is 7.75 Å². The first-order valence-corrected chi connectivity index (χ1v) is 13.6. The number of hydrogen-bond donors (Lipinski definition) is 2. The third kappa shape index (κ3) is 7.34. The van der Waals surface area contributed by atoms with E-state index < -0.39 is 74.2 Å². The Morgan fingerprint density at radius 1 is 1.31 bits per heavy atom. The van der Waals surface area contributed by atoms with E-state index in [9.17, 15) is 18.9 Å². The molecule has 3 rings (SSSR count). The van der Waals surface area contributed by atoms with Crippen molar-refractivity contribution in [2.24, 2.45) is 11.0 Å². The summed E-state index contributed by atoms with van der Waals surface area (Å²) in [6, 6.07) is 7.86. The number of halogens is 1. The lowest BCUT2D eigenvalue weighted by Crippen LogP contribution is -2.45. The van der Waals surface area contributed by atoms with E-state index in [1.165, 1.54) is 26.0 Å². The number of aromatic amines is 1. The molecule has 1 aliphatic rings. The average molecular weight is 568 g/mol. The number of rotatable bonds is 12. The number of alkyl halides is 1. The molecule has 6 atom stereocenters. The van der Waals surface area contributed by atoms with E-state index in [0.717, 1.165) is 16.8 Å². The summed E-state index contributed by atoms with van der Waals surface area (Å²) in [7, 11) is -4.38. The third-order valence-corrected chi connectivity index (χ3v) is 7.59. The molecular weight excluding hydrogens is 538 g/mol. The molecular formula is C23H30FN6O8P. The molecule has 1 saturated heterocycles. The van der Waals surface area contributed by atoms with E-state index in [4.69, 9.17) is 24.1 Å². The van der Waals surface area contributed by atoms with Crippen LogP contribution in [-0.2, 0) is 23.4 Å². The molecule has 0 saturated carbocycles. The molecule has 2 aromatic rings. The first kappa shape index (κ1) is 30.1. The van der Waals surface area contributed by atoms with E-state index in [1.807, 2.05) is 4.98 Å². The zero-order chi connectivity index (χ0) is 28.8. The van der Waals surface area contributed by atoms with Gasteiger partial charge < -0.3 is 14.0 Å². The Morgan fingerprint density at radius 3 is 2.62 bits per heavy atom. The number of hydrogen-bond acceptors (Lipinski definition) is 9. The molecule has 2 heterocycles.